The van der Waals surface area contributed by atoms with Crippen LogP contribution in [-0.2, 0) is 15.2 Å². The first-order chi connectivity index (χ1) is 11.3. The van der Waals surface area contributed by atoms with E-state index in [0.29, 0.717) is 13.2 Å². The summed E-state index contributed by atoms with van der Waals surface area (Å²) in [6, 6.07) is 10.4. The predicted molar refractivity (Wildman–Crippen MR) is 91.9 cm³/mol. The van der Waals surface area contributed by atoms with Gasteiger partial charge in [-0.2, -0.15) is 0 Å². The molecule has 0 aliphatic carbocycles. The molecule has 1 aromatic heterocycles. The van der Waals surface area contributed by atoms with Crippen LogP contribution < -0.4 is 4.90 Å². The third kappa shape index (κ3) is 4.67. The molecule has 122 valence electrons. The maximum atomic E-state index is 5.69. The maximum absolute atomic E-state index is 5.69. The Labute approximate surface area is 141 Å². The number of benzene rings is 1. The third-order valence-electron chi connectivity index (χ3n) is 3.64. The highest BCUT2D eigenvalue weighted by Gasteiger charge is 2.21. The summed E-state index contributed by atoms with van der Waals surface area (Å²) in [4.78, 5) is 11.3. The van der Waals surface area contributed by atoms with E-state index in [2.05, 4.69) is 34.1 Å². The van der Waals surface area contributed by atoms with Crippen molar-refractivity contribution < 1.29 is 9.47 Å². The van der Waals surface area contributed by atoms with Crippen LogP contribution in [0.5, 0.6) is 0 Å². The zero-order valence-corrected chi connectivity index (χ0v) is 14.0. The summed E-state index contributed by atoms with van der Waals surface area (Å²) in [5.41, 5.74) is 1.29. The van der Waals surface area contributed by atoms with Gasteiger partial charge in [0.15, 0.2) is 0 Å². The number of methoxy groups -OCH3 is 1. The second-order valence-corrected chi connectivity index (χ2v) is 6.38. The standard InChI is InChI=1S/C17H21N3O2S/c1-21-12-15-11-20(7-8-22-15)16-9-18-10-17(19-16)23-13-14-5-3-2-4-6-14/h2-6,9-10,15H,7-8,11-13H2,1H3. The van der Waals surface area contributed by atoms with E-state index >= 15 is 0 Å². The van der Waals surface area contributed by atoms with Gasteiger partial charge in [-0.05, 0) is 5.56 Å². The maximum Gasteiger partial charge on any atom is 0.148 e. The van der Waals surface area contributed by atoms with E-state index in [0.717, 1.165) is 29.7 Å². The van der Waals surface area contributed by atoms with Crippen molar-refractivity contribution in [3.05, 3.63) is 48.3 Å². The number of morpholine rings is 1. The molecule has 1 aromatic carbocycles. The van der Waals surface area contributed by atoms with E-state index in [1.807, 2.05) is 18.5 Å². The van der Waals surface area contributed by atoms with Gasteiger partial charge < -0.3 is 14.4 Å². The number of rotatable bonds is 6. The molecule has 23 heavy (non-hydrogen) atoms. The number of hydrogen-bond donors (Lipinski definition) is 0. The highest BCUT2D eigenvalue weighted by atomic mass is 32.2. The number of nitrogens with zero attached hydrogens (tertiary/aromatic N) is 3. The van der Waals surface area contributed by atoms with Crippen LogP contribution in [0.15, 0.2) is 47.8 Å². The molecule has 1 aliphatic rings. The van der Waals surface area contributed by atoms with E-state index < -0.39 is 0 Å². The van der Waals surface area contributed by atoms with Crippen LogP contribution >= 0.6 is 11.8 Å². The molecule has 0 spiro atoms. The normalized spacial score (nSPS) is 18.1. The first kappa shape index (κ1) is 16.2. The van der Waals surface area contributed by atoms with E-state index in [1.54, 1.807) is 18.9 Å². The van der Waals surface area contributed by atoms with Gasteiger partial charge in [0.05, 0.1) is 31.7 Å². The molecule has 2 heterocycles. The summed E-state index contributed by atoms with van der Waals surface area (Å²) < 4.78 is 10.9. The van der Waals surface area contributed by atoms with Crippen LogP contribution in [-0.4, -0.2) is 49.5 Å². The van der Waals surface area contributed by atoms with Crippen molar-refractivity contribution in [3.8, 4) is 0 Å². The van der Waals surface area contributed by atoms with Gasteiger partial charge >= 0.3 is 0 Å². The monoisotopic (exact) mass is 331 g/mol. The first-order valence-corrected chi connectivity index (χ1v) is 8.68. The average molecular weight is 331 g/mol. The minimum Gasteiger partial charge on any atom is -0.382 e. The van der Waals surface area contributed by atoms with E-state index in [-0.39, 0.29) is 6.10 Å². The molecule has 1 aliphatic heterocycles. The van der Waals surface area contributed by atoms with Gasteiger partial charge in [0.25, 0.3) is 0 Å². The molecule has 1 fully saturated rings. The Morgan fingerprint density at radius 1 is 1.30 bits per heavy atom. The number of aromatic nitrogens is 2. The summed E-state index contributed by atoms with van der Waals surface area (Å²) in [5, 5.41) is 0.945. The molecule has 0 saturated carbocycles. The van der Waals surface area contributed by atoms with E-state index in [9.17, 15) is 0 Å². The summed E-state index contributed by atoms with van der Waals surface area (Å²) in [6.07, 6.45) is 3.74. The van der Waals surface area contributed by atoms with Crippen molar-refractivity contribution in [1.82, 2.24) is 9.97 Å². The fourth-order valence-corrected chi connectivity index (χ4v) is 3.31. The third-order valence-corrected chi connectivity index (χ3v) is 4.61. The van der Waals surface area contributed by atoms with Crippen LogP contribution in [0.25, 0.3) is 0 Å². The van der Waals surface area contributed by atoms with Crippen LogP contribution in [0.2, 0.25) is 0 Å². The molecular formula is C17H21N3O2S. The summed E-state index contributed by atoms with van der Waals surface area (Å²) in [6.45, 7) is 2.92. The van der Waals surface area contributed by atoms with Crippen molar-refractivity contribution in [2.75, 3.05) is 38.3 Å². The van der Waals surface area contributed by atoms with E-state index in [1.165, 1.54) is 5.56 Å². The van der Waals surface area contributed by atoms with Gasteiger partial charge in [-0.3, -0.25) is 4.98 Å². The van der Waals surface area contributed by atoms with Crippen molar-refractivity contribution >= 4 is 17.6 Å². The zero-order chi connectivity index (χ0) is 15.9. The fraction of sp³-hybridized carbons (Fsp3) is 0.412. The lowest BCUT2D eigenvalue weighted by molar-refractivity contribution is -0.0102. The molecule has 0 bridgehead atoms. The minimum atomic E-state index is 0.0937. The molecule has 2 aromatic rings. The van der Waals surface area contributed by atoms with Gasteiger partial charge in [0.1, 0.15) is 10.8 Å². The van der Waals surface area contributed by atoms with Crippen LogP contribution in [0.3, 0.4) is 0 Å². The number of hydrogen-bond acceptors (Lipinski definition) is 6. The zero-order valence-electron chi connectivity index (χ0n) is 13.2. The quantitative estimate of drug-likeness (QED) is 0.759. The molecule has 1 unspecified atom stereocenters. The molecule has 0 N–H and O–H groups in total. The number of anilines is 1. The molecular weight excluding hydrogens is 310 g/mol. The average Bonchev–Trinajstić information content (AvgIpc) is 2.62. The first-order valence-electron chi connectivity index (χ1n) is 7.69. The second kappa shape index (κ2) is 8.29. The fourth-order valence-electron chi connectivity index (χ4n) is 2.51. The summed E-state index contributed by atoms with van der Waals surface area (Å²) in [5.74, 6) is 1.81. The smallest absolute Gasteiger partial charge is 0.148 e. The largest absolute Gasteiger partial charge is 0.382 e. The molecule has 5 nitrogen and oxygen atoms in total. The topological polar surface area (TPSA) is 47.5 Å². The van der Waals surface area contributed by atoms with Crippen molar-refractivity contribution in [3.63, 3.8) is 0 Å². The van der Waals surface area contributed by atoms with Gasteiger partial charge in [-0.1, -0.05) is 30.3 Å². The Morgan fingerprint density at radius 2 is 2.17 bits per heavy atom. The molecule has 0 amide bonds. The van der Waals surface area contributed by atoms with Crippen LogP contribution in [0.4, 0.5) is 5.82 Å². The minimum absolute atomic E-state index is 0.0937. The molecule has 6 heteroatoms. The highest BCUT2D eigenvalue weighted by molar-refractivity contribution is 7.98. The highest BCUT2D eigenvalue weighted by Crippen LogP contribution is 2.23. The Morgan fingerprint density at radius 3 is 3.00 bits per heavy atom. The lowest BCUT2D eigenvalue weighted by Crippen LogP contribution is -2.44. The number of ether oxygens (including phenoxy) is 2. The molecule has 1 atom stereocenters. The van der Waals surface area contributed by atoms with Crippen LogP contribution in [0, 0.1) is 0 Å². The van der Waals surface area contributed by atoms with Crippen LogP contribution in [0.1, 0.15) is 5.56 Å². The Hall–Kier alpha value is -1.63. The summed E-state index contributed by atoms with van der Waals surface area (Å²) >= 11 is 1.71. The Kier molecular flexibility index (Phi) is 5.85. The summed E-state index contributed by atoms with van der Waals surface area (Å²) in [7, 11) is 1.70. The Balaban J connectivity index is 1.62. The van der Waals surface area contributed by atoms with Crippen molar-refractivity contribution in [2.24, 2.45) is 0 Å². The lowest BCUT2D eigenvalue weighted by atomic mass is 10.2. The molecule has 0 radical (unpaired) electrons. The SMILES string of the molecule is COCC1CN(c2cncc(SCc3ccccc3)n2)CCO1. The predicted octanol–water partition coefficient (Wildman–Crippen LogP) is 2.62. The van der Waals surface area contributed by atoms with Gasteiger partial charge in [-0.15, -0.1) is 11.8 Å². The van der Waals surface area contributed by atoms with E-state index in [4.69, 9.17) is 14.5 Å². The second-order valence-electron chi connectivity index (χ2n) is 5.38. The van der Waals surface area contributed by atoms with Gasteiger partial charge in [0, 0.05) is 26.0 Å². The molecule has 3 rings (SSSR count). The van der Waals surface area contributed by atoms with Crippen molar-refractivity contribution in [2.45, 2.75) is 16.9 Å². The van der Waals surface area contributed by atoms with Crippen molar-refractivity contribution in [1.29, 1.82) is 0 Å². The van der Waals surface area contributed by atoms with Gasteiger partial charge in [0.2, 0.25) is 0 Å². The van der Waals surface area contributed by atoms with Gasteiger partial charge in [-0.25, -0.2) is 4.98 Å². The number of thioether (sulfide) groups is 1. The lowest BCUT2D eigenvalue weighted by Gasteiger charge is -2.33. The molecule has 1 saturated heterocycles. The Bertz CT molecular complexity index is 610.